The largest absolute Gasteiger partial charge is 0.469 e. The Bertz CT molecular complexity index is 776. The number of nitrogens with one attached hydrogen (secondary N) is 1. The maximum absolute atomic E-state index is 12.6. The number of halogens is 4. The van der Waals surface area contributed by atoms with E-state index in [4.69, 9.17) is 5.73 Å². The first-order valence-corrected chi connectivity index (χ1v) is 8.08. The van der Waals surface area contributed by atoms with Crippen molar-refractivity contribution in [2.45, 2.75) is 18.6 Å². The molecule has 152 valence electrons. The Morgan fingerprint density at radius 2 is 1.54 bits per heavy atom. The number of methoxy groups -OCH3 is 1. The van der Waals surface area contributed by atoms with Crippen LogP contribution in [0.25, 0.3) is 11.1 Å². The van der Waals surface area contributed by atoms with E-state index in [9.17, 15) is 22.8 Å². The second-order valence-electron chi connectivity index (χ2n) is 5.80. The number of ether oxygens (including phenoxy) is 1. The van der Waals surface area contributed by atoms with Crippen molar-refractivity contribution in [2.75, 3.05) is 13.7 Å². The molecular weight excluding hydrogens is 397 g/mol. The molecule has 0 aliphatic carbocycles. The van der Waals surface area contributed by atoms with E-state index in [0.717, 1.165) is 12.1 Å². The van der Waals surface area contributed by atoms with E-state index < -0.39 is 29.7 Å². The summed E-state index contributed by atoms with van der Waals surface area (Å²) in [4.78, 5) is 23.2. The van der Waals surface area contributed by atoms with Crippen LogP contribution in [0.5, 0.6) is 0 Å². The molecule has 1 amide bonds. The van der Waals surface area contributed by atoms with Gasteiger partial charge in [0.1, 0.15) is 0 Å². The van der Waals surface area contributed by atoms with Gasteiger partial charge in [0.05, 0.1) is 31.7 Å². The molecule has 5 nitrogen and oxygen atoms in total. The van der Waals surface area contributed by atoms with Crippen LogP contribution in [-0.4, -0.2) is 25.5 Å². The molecule has 28 heavy (non-hydrogen) atoms. The Balaban J connectivity index is 0.00000392. The van der Waals surface area contributed by atoms with Gasteiger partial charge in [0.25, 0.3) is 0 Å². The summed E-state index contributed by atoms with van der Waals surface area (Å²) < 4.78 is 42.6. The number of esters is 1. The summed E-state index contributed by atoms with van der Waals surface area (Å²) in [6.45, 7) is -0.221. The first-order chi connectivity index (χ1) is 12.7. The maximum Gasteiger partial charge on any atom is 0.416 e. The Morgan fingerprint density at radius 3 is 1.96 bits per heavy atom. The molecule has 0 heterocycles. The van der Waals surface area contributed by atoms with Gasteiger partial charge in [-0.3, -0.25) is 9.59 Å². The van der Waals surface area contributed by atoms with E-state index in [2.05, 4.69) is 10.1 Å². The zero-order valence-corrected chi connectivity index (χ0v) is 15.8. The van der Waals surface area contributed by atoms with E-state index in [1.807, 2.05) is 0 Å². The van der Waals surface area contributed by atoms with Crippen LogP contribution in [0.15, 0.2) is 48.5 Å². The Hall–Kier alpha value is -2.58. The molecule has 0 aliphatic rings. The third-order valence-electron chi connectivity index (χ3n) is 3.98. The van der Waals surface area contributed by atoms with Gasteiger partial charge in [0, 0.05) is 0 Å². The van der Waals surface area contributed by atoms with E-state index in [1.165, 1.54) is 19.2 Å². The predicted octanol–water partition coefficient (Wildman–Crippen LogP) is 3.47. The molecule has 0 fully saturated rings. The quantitative estimate of drug-likeness (QED) is 0.706. The standard InChI is InChI=1S/C19H19F3N2O3.ClH/c1-27-18(26)10-16(24-17(25)11-23)14-4-2-12(3-5-14)13-6-8-15(9-7-13)19(20,21)22;/h2-9,16H,10-11,23H2,1H3,(H,24,25);1H. The van der Waals surface area contributed by atoms with Crippen LogP contribution >= 0.6 is 12.4 Å². The van der Waals surface area contributed by atoms with Crippen molar-refractivity contribution < 1.29 is 27.5 Å². The lowest BCUT2D eigenvalue weighted by atomic mass is 9.98. The Kier molecular flexibility index (Phi) is 8.46. The van der Waals surface area contributed by atoms with Crippen LogP contribution in [0.2, 0.25) is 0 Å². The second kappa shape index (κ2) is 10.1. The summed E-state index contributed by atoms with van der Waals surface area (Å²) in [6, 6.07) is 11.0. The van der Waals surface area contributed by atoms with Gasteiger partial charge in [0.2, 0.25) is 5.91 Å². The second-order valence-corrected chi connectivity index (χ2v) is 5.80. The highest BCUT2D eigenvalue weighted by Crippen LogP contribution is 2.31. The van der Waals surface area contributed by atoms with Crippen LogP contribution in [0, 0.1) is 0 Å². The molecule has 2 rings (SSSR count). The van der Waals surface area contributed by atoms with Gasteiger partial charge < -0.3 is 15.8 Å². The average molecular weight is 417 g/mol. The van der Waals surface area contributed by atoms with Crippen molar-refractivity contribution in [3.63, 3.8) is 0 Å². The van der Waals surface area contributed by atoms with E-state index in [0.29, 0.717) is 16.7 Å². The summed E-state index contributed by atoms with van der Waals surface area (Å²) in [5, 5.41) is 2.64. The molecule has 0 bridgehead atoms. The van der Waals surface area contributed by atoms with Gasteiger partial charge in [-0.05, 0) is 28.8 Å². The molecular formula is C19H20ClF3N2O3. The first kappa shape index (κ1) is 23.5. The molecule has 2 aromatic carbocycles. The van der Waals surface area contributed by atoms with Crippen molar-refractivity contribution in [1.29, 1.82) is 0 Å². The zero-order valence-electron chi connectivity index (χ0n) is 15.0. The van der Waals surface area contributed by atoms with Crippen molar-refractivity contribution >= 4 is 24.3 Å². The maximum atomic E-state index is 12.6. The van der Waals surface area contributed by atoms with Crippen molar-refractivity contribution in [1.82, 2.24) is 5.32 Å². The number of carbonyl (C=O) groups is 2. The lowest BCUT2D eigenvalue weighted by Crippen LogP contribution is -2.35. The molecule has 0 aliphatic heterocycles. The lowest BCUT2D eigenvalue weighted by molar-refractivity contribution is -0.141. The van der Waals surface area contributed by atoms with Crippen molar-refractivity contribution in [3.05, 3.63) is 59.7 Å². The fraction of sp³-hybridized carbons (Fsp3) is 0.263. The van der Waals surface area contributed by atoms with Crippen LogP contribution in [0.3, 0.4) is 0 Å². The van der Waals surface area contributed by atoms with Gasteiger partial charge in [0.15, 0.2) is 0 Å². The molecule has 0 radical (unpaired) electrons. The number of hydrogen-bond acceptors (Lipinski definition) is 4. The summed E-state index contributed by atoms with van der Waals surface area (Å²) >= 11 is 0. The summed E-state index contributed by atoms with van der Waals surface area (Å²) in [5.41, 5.74) is 6.55. The highest BCUT2D eigenvalue weighted by Gasteiger charge is 2.30. The summed E-state index contributed by atoms with van der Waals surface area (Å²) in [6.07, 6.45) is -4.45. The fourth-order valence-corrected chi connectivity index (χ4v) is 2.52. The zero-order chi connectivity index (χ0) is 20.0. The number of carbonyl (C=O) groups excluding carboxylic acids is 2. The monoisotopic (exact) mass is 416 g/mol. The number of rotatable bonds is 6. The molecule has 3 N–H and O–H groups in total. The minimum atomic E-state index is -4.38. The van der Waals surface area contributed by atoms with Gasteiger partial charge in [-0.15, -0.1) is 12.4 Å². The number of amides is 1. The SMILES string of the molecule is COC(=O)CC(NC(=O)CN)c1ccc(-c2ccc(C(F)(F)F)cc2)cc1.Cl. The fourth-order valence-electron chi connectivity index (χ4n) is 2.52. The number of nitrogens with two attached hydrogens (primary N) is 1. The highest BCUT2D eigenvalue weighted by atomic mass is 35.5. The minimum absolute atomic E-state index is 0. The smallest absolute Gasteiger partial charge is 0.416 e. The van der Waals surface area contributed by atoms with Crippen LogP contribution in [0.1, 0.15) is 23.6 Å². The van der Waals surface area contributed by atoms with Crippen LogP contribution in [0.4, 0.5) is 13.2 Å². The van der Waals surface area contributed by atoms with Gasteiger partial charge in [-0.1, -0.05) is 36.4 Å². The Labute approximate surface area is 166 Å². The average Bonchev–Trinajstić information content (AvgIpc) is 2.66. The van der Waals surface area contributed by atoms with E-state index in [-0.39, 0.29) is 25.4 Å². The molecule has 0 spiro atoms. The first-order valence-electron chi connectivity index (χ1n) is 8.08. The van der Waals surface area contributed by atoms with Crippen LogP contribution < -0.4 is 11.1 Å². The van der Waals surface area contributed by atoms with Gasteiger partial charge in [-0.25, -0.2) is 0 Å². The van der Waals surface area contributed by atoms with Gasteiger partial charge in [-0.2, -0.15) is 13.2 Å². The molecule has 2 aromatic rings. The van der Waals surface area contributed by atoms with Crippen molar-refractivity contribution in [2.24, 2.45) is 5.73 Å². The predicted molar refractivity (Wildman–Crippen MR) is 101 cm³/mol. The lowest BCUT2D eigenvalue weighted by Gasteiger charge is -2.18. The Morgan fingerprint density at radius 1 is 1.04 bits per heavy atom. The van der Waals surface area contributed by atoms with Gasteiger partial charge >= 0.3 is 12.1 Å². The molecule has 1 unspecified atom stereocenters. The number of hydrogen-bond donors (Lipinski definition) is 2. The van der Waals surface area contributed by atoms with Crippen molar-refractivity contribution in [3.8, 4) is 11.1 Å². The normalized spacial score (nSPS) is 11.9. The number of benzene rings is 2. The molecule has 9 heteroatoms. The minimum Gasteiger partial charge on any atom is -0.469 e. The van der Waals surface area contributed by atoms with Crippen LogP contribution in [-0.2, 0) is 20.5 Å². The summed E-state index contributed by atoms with van der Waals surface area (Å²) in [5.74, 6) is -0.917. The molecule has 0 saturated heterocycles. The molecule has 0 saturated carbocycles. The topological polar surface area (TPSA) is 81.4 Å². The molecule has 0 aromatic heterocycles. The third kappa shape index (κ3) is 6.24. The highest BCUT2D eigenvalue weighted by molar-refractivity contribution is 5.85. The summed E-state index contributed by atoms with van der Waals surface area (Å²) in [7, 11) is 1.25. The van der Waals surface area contributed by atoms with E-state index in [1.54, 1.807) is 24.3 Å². The molecule has 1 atom stereocenters. The van der Waals surface area contributed by atoms with E-state index >= 15 is 0 Å². The number of alkyl halides is 3. The third-order valence-corrected chi connectivity index (χ3v) is 3.98.